The maximum absolute atomic E-state index is 12.4. The second-order valence-corrected chi connectivity index (χ2v) is 6.88. The normalized spacial score (nSPS) is 13.2. The summed E-state index contributed by atoms with van der Waals surface area (Å²) in [5.41, 5.74) is 1.56. The number of sulfone groups is 1. The molecule has 106 valence electrons. The summed E-state index contributed by atoms with van der Waals surface area (Å²) in [6, 6.07) is 4.95. The van der Waals surface area contributed by atoms with Crippen LogP contribution in [0.25, 0.3) is 0 Å². The molecule has 19 heavy (non-hydrogen) atoms. The van der Waals surface area contributed by atoms with Crippen LogP contribution < -0.4 is 0 Å². The Kier molecular flexibility index (Phi) is 5.11. The molecule has 1 aromatic rings. The molecule has 0 aromatic heterocycles. The van der Waals surface area contributed by atoms with Crippen molar-refractivity contribution in [3.63, 3.8) is 0 Å². The van der Waals surface area contributed by atoms with Gasteiger partial charge in [0.1, 0.15) is 0 Å². The molecular formula is C14H20O4S. The second-order valence-electron chi connectivity index (χ2n) is 4.78. The summed E-state index contributed by atoms with van der Waals surface area (Å²) in [6.07, 6.45) is 1.51. The van der Waals surface area contributed by atoms with Crippen LogP contribution in [0.5, 0.6) is 0 Å². The van der Waals surface area contributed by atoms with Gasteiger partial charge in [0.05, 0.1) is 4.90 Å². The maximum Gasteiger partial charge on any atom is 0.322 e. The molecule has 0 aliphatic carbocycles. The van der Waals surface area contributed by atoms with E-state index in [1.807, 2.05) is 13.8 Å². The number of benzene rings is 1. The topological polar surface area (TPSA) is 71.4 Å². The van der Waals surface area contributed by atoms with Gasteiger partial charge in [-0.15, -0.1) is 0 Å². The predicted octanol–water partition coefficient (Wildman–Crippen LogP) is 2.72. The van der Waals surface area contributed by atoms with E-state index in [2.05, 4.69) is 0 Å². The number of unbranched alkanes of at least 4 members (excludes halogenated alkanes) is 1. The number of carbonyl (C=O) groups is 1. The van der Waals surface area contributed by atoms with Crippen LogP contribution in [0, 0.1) is 13.8 Å². The van der Waals surface area contributed by atoms with Gasteiger partial charge in [-0.2, -0.15) is 0 Å². The molecule has 5 heteroatoms. The van der Waals surface area contributed by atoms with Crippen molar-refractivity contribution in [1.29, 1.82) is 0 Å². The molecule has 0 saturated heterocycles. The molecule has 0 bridgehead atoms. The minimum atomic E-state index is -3.82. The minimum absolute atomic E-state index is 0.126. The van der Waals surface area contributed by atoms with Gasteiger partial charge in [-0.25, -0.2) is 8.42 Å². The van der Waals surface area contributed by atoms with Gasteiger partial charge >= 0.3 is 5.97 Å². The van der Waals surface area contributed by atoms with Crippen molar-refractivity contribution in [3.05, 3.63) is 29.3 Å². The smallest absolute Gasteiger partial charge is 0.322 e. The molecule has 0 fully saturated rings. The van der Waals surface area contributed by atoms with Crippen molar-refractivity contribution in [1.82, 2.24) is 0 Å². The first-order chi connectivity index (χ1) is 8.80. The average molecular weight is 284 g/mol. The molecule has 4 nitrogen and oxygen atoms in total. The molecule has 0 heterocycles. The van der Waals surface area contributed by atoms with Gasteiger partial charge in [0.15, 0.2) is 15.1 Å². The fraction of sp³-hybridized carbons (Fsp3) is 0.500. The Bertz CT molecular complexity index is 561. The lowest BCUT2D eigenvalue weighted by Crippen LogP contribution is -2.30. The molecule has 0 radical (unpaired) electrons. The van der Waals surface area contributed by atoms with Gasteiger partial charge in [-0.3, -0.25) is 4.79 Å². The van der Waals surface area contributed by atoms with Crippen molar-refractivity contribution >= 4 is 15.8 Å². The zero-order chi connectivity index (χ0) is 14.6. The van der Waals surface area contributed by atoms with E-state index in [1.165, 1.54) is 6.07 Å². The van der Waals surface area contributed by atoms with Gasteiger partial charge in [-0.1, -0.05) is 37.5 Å². The van der Waals surface area contributed by atoms with E-state index in [9.17, 15) is 13.2 Å². The van der Waals surface area contributed by atoms with E-state index in [0.717, 1.165) is 12.0 Å². The van der Waals surface area contributed by atoms with E-state index in [4.69, 9.17) is 5.11 Å². The molecule has 0 aliphatic heterocycles. The Balaban J connectivity index is 3.23. The monoisotopic (exact) mass is 284 g/mol. The molecule has 1 atom stereocenters. The van der Waals surface area contributed by atoms with Crippen molar-refractivity contribution in [2.75, 3.05) is 0 Å². The van der Waals surface area contributed by atoms with Crippen LogP contribution in [0.3, 0.4) is 0 Å². The Morgan fingerprint density at radius 1 is 1.32 bits per heavy atom. The Labute approximate surface area is 114 Å². The number of carboxylic acids is 1. The molecule has 1 rings (SSSR count). The first-order valence-corrected chi connectivity index (χ1v) is 7.89. The third kappa shape index (κ3) is 3.56. The molecule has 1 N–H and O–H groups in total. The van der Waals surface area contributed by atoms with Gasteiger partial charge in [0, 0.05) is 0 Å². The zero-order valence-electron chi connectivity index (χ0n) is 11.5. The highest BCUT2D eigenvalue weighted by molar-refractivity contribution is 7.92. The van der Waals surface area contributed by atoms with E-state index in [1.54, 1.807) is 19.1 Å². The summed E-state index contributed by atoms with van der Waals surface area (Å²) in [4.78, 5) is 11.4. The average Bonchev–Trinajstić information content (AvgIpc) is 2.27. The van der Waals surface area contributed by atoms with Crippen LogP contribution in [-0.4, -0.2) is 24.7 Å². The summed E-state index contributed by atoms with van der Waals surface area (Å²) < 4.78 is 24.9. The molecule has 1 aromatic carbocycles. The minimum Gasteiger partial charge on any atom is -0.480 e. The van der Waals surface area contributed by atoms with E-state index in [0.29, 0.717) is 12.0 Å². The fourth-order valence-electron chi connectivity index (χ4n) is 2.07. The second kappa shape index (κ2) is 6.19. The van der Waals surface area contributed by atoms with Crippen LogP contribution in [0.1, 0.15) is 37.3 Å². The Hall–Kier alpha value is -1.36. The highest BCUT2D eigenvalue weighted by atomic mass is 32.2. The highest BCUT2D eigenvalue weighted by Crippen LogP contribution is 2.24. The van der Waals surface area contributed by atoms with Crippen LogP contribution >= 0.6 is 0 Å². The number of hydrogen-bond acceptors (Lipinski definition) is 3. The molecule has 0 spiro atoms. The first-order valence-electron chi connectivity index (χ1n) is 6.34. The number of carboxylic acid groups (broad SMARTS) is 1. The number of hydrogen-bond donors (Lipinski definition) is 1. The summed E-state index contributed by atoms with van der Waals surface area (Å²) in [5.74, 6) is -1.27. The lowest BCUT2D eigenvalue weighted by molar-refractivity contribution is -0.136. The van der Waals surface area contributed by atoms with Crippen molar-refractivity contribution in [3.8, 4) is 0 Å². The van der Waals surface area contributed by atoms with Crippen LogP contribution in [0.4, 0.5) is 0 Å². The largest absolute Gasteiger partial charge is 0.480 e. The third-order valence-corrected chi connectivity index (χ3v) is 5.36. The van der Waals surface area contributed by atoms with Crippen molar-refractivity contribution in [2.24, 2.45) is 0 Å². The first kappa shape index (κ1) is 15.7. The van der Waals surface area contributed by atoms with Crippen LogP contribution in [-0.2, 0) is 14.6 Å². The SMILES string of the molecule is CCCCC(C(=O)O)S(=O)(=O)c1ccc(C)cc1C. The number of aryl methyl sites for hydroxylation is 2. The van der Waals surface area contributed by atoms with Crippen LogP contribution in [0.2, 0.25) is 0 Å². The summed E-state index contributed by atoms with van der Waals surface area (Å²) >= 11 is 0. The van der Waals surface area contributed by atoms with Crippen molar-refractivity contribution in [2.45, 2.75) is 50.2 Å². The Morgan fingerprint density at radius 2 is 1.95 bits per heavy atom. The molecule has 0 aliphatic rings. The summed E-state index contributed by atoms with van der Waals surface area (Å²) in [7, 11) is -3.82. The quantitative estimate of drug-likeness (QED) is 0.872. The lowest BCUT2D eigenvalue weighted by Gasteiger charge is -2.15. The summed E-state index contributed by atoms with van der Waals surface area (Å²) in [5, 5.41) is 7.81. The highest BCUT2D eigenvalue weighted by Gasteiger charge is 2.34. The third-order valence-electron chi connectivity index (χ3n) is 3.11. The zero-order valence-corrected chi connectivity index (χ0v) is 12.3. The Morgan fingerprint density at radius 3 is 2.42 bits per heavy atom. The van der Waals surface area contributed by atoms with Gasteiger partial charge in [-0.05, 0) is 31.9 Å². The van der Waals surface area contributed by atoms with Gasteiger partial charge in [0.2, 0.25) is 0 Å². The van der Waals surface area contributed by atoms with E-state index in [-0.39, 0.29) is 11.3 Å². The standard InChI is InChI=1S/C14H20O4S/c1-4-5-6-13(14(15)16)19(17,18)12-8-7-10(2)9-11(12)3/h7-9,13H,4-6H2,1-3H3,(H,15,16). The molecular weight excluding hydrogens is 264 g/mol. The number of aliphatic carboxylic acids is 1. The lowest BCUT2D eigenvalue weighted by atomic mass is 10.2. The van der Waals surface area contributed by atoms with E-state index < -0.39 is 21.1 Å². The molecule has 0 amide bonds. The van der Waals surface area contributed by atoms with Crippen LogP contribution in [0.15, 0.2) is 23.1 Å². The number of rotatable bonds is 6. The van der Waals surface area contributed by atoms with Gasteiger partial charge < -0.3 is 5.11 Å². The predicted molar refractivity (Wildman–Crippen MR) is 74.1 cm³/mol. The van der Waals surface area contributed by atoms with Crippen molar-refractivity contribution < 1.29 is 18.3 Å². The maximum atomic E-state index is 12.4. The fourth-order valence-corrected chi connectivity index (χ4v) is 3.89. The van der Waals surface area contributed by atoms with E-state index >= 15 is 0 Å². The van der Waals surface area contributed by atoms with Gasteiger partial charge in [0.25, 0.3) is 0 Å². The summed E-state index contributed by atoms with van der Waals surface area (Å²) in [6.45, 7) is 5.47. The molecule has 1 unspecified atom stereocenters. The molecule has 0 saturated carbocycles.